The molecule has 3 aromatic rings. The standard InChI is InChI=1S/C25H21NO5S2/c1-3-30-24(28)18-8-6-17(7-9-18)21-13-12-20(31-21)14-22-23(27)26(25(32)33-22)15-16-4-10-19(29-2)11-5-16/h4-14H,3,15H2,1-2H3/b22-14-. The van der Waals surface area contributed by atoms with Crippen molar-refractivity contribution in [1.82, 2.24) is 4.90 Å². The molecular formula is C25H21NO5S2. The molecule has 4 rings (SSSR count). The van der Waals surface area contributed by atoms with Gasteiger partial charge in [-0.05, 0) is 48.9 Å². The number of rotatable bonds is 7. The summed E-state index contributed by atoms with van der Waals surface area (Å²) in [6, 6.07) is 18.1. The Morgan fingerprint density at radius 3 is 2.48 bits per heavy atom. The molecule has 0 spiro atoms. The minimum atomic E-state index is -0.360. The van der Waals surface area contributed by atoms with Gasteiger partial charge in [0.25, 0.3) is 5.91 Å². The second kappa shape index (κ2) is 10.1. The Labute approximate surface area is 201 Å². The van der Waals surface area contributed by atoms with Crippen molar-refractivity contribution >= 4 is 46.3 Å². The lowest BCUT2D eigenvalue weighted by molar-refractivity contribution is -0.122. The van der Waals surface area contributed by atoms with Crippen molar-refractivity contribution in [1.29, 1.82) is 0 Å². The number of methoxy groups -OCH3 is 1. The maximum atomic E-state index is 12.9. The molecule has 8 heteroatoms. The summed E-state index contributed by atoms with van der Waals surface area (Å²) >= 11 is 6.68. The maximum absolute atomic E-state index is 12.9. The van der Waals surface area contributed by atoms with E-state index in [9.17, 15) is 9.59 Å². The summed E-state index contributed by atoms with van der Waals surface area (Å²) in [5.41, 5.74) is 2.25. The van der Waals surface area contributed by atoms with Crippen LogP contribution in [0, 0.1) is 0 Å². The SMILES string of the molecule is CCOC(=O)c1ccc(-c2ccc(/C=C3\SC(=S)N(Cc4ccc(OC)cc4)C3=O)o2)cc1. The van der Waals surface area contributed by atoms with Crippen molar-refractivity contribution in [3.8, 4) is 17.1 Å². The van der Waals surface area contributed by atoms with Crippen LogP contribution in [-0.4, -0.2) is 34.8 Å². The zero-order chi connectivity index (χ0) is 23.4. The van der Waals surface area contributed by atoms with Gasteiger partial charge in [0.1, 0.15) is 21.6 Å². The number of hydrogen-bond acceptors (Lipinski definition) is 7. The highest BCUT2D eigenvalue weighted by molar-refractivity contribution is 8.26. The van der Waals surface area contributed by atoms with Crippen molar-refractivity contribution in [2.45, 2.75) is 13.5 Å². The highest BCUT2D eigenvalue weighted by Crippen LogP contribution is 2.34. The summed E-state index contributed by atoms with van der Waals surface area (Å²) in [7, 11) is 1.61. The molecule has 33 heavy (non-hydrogen) atoms. The van der Waals surface area contributed by atoms with E-state index in [-0.39, 0.29) is 11.9 Å². The van der Waals surface area contributed by atoms with Gasteiger partial charge < -0.3 is 13.9 Å². The summed E-state index contributed by atoms with van der Waals surface area (Å²) in [4.78, 5) is 26.8. The van der Waals surface area contributed by atoms with E-state index in [1.807, 2.05) is 30.3 Å². The summed E-state index contributed by atoms with van der Waals surface area (Å²) in [5, 5.41) is 0. The summed E-state index contributed by atoms with van der Waals surface area (Å²) < 4.78 is 16.6. The Hall–Kier alpha value is -3.36. The minimum Gasteiger partial charge on any atom is -0.497 e. The fourth-order valence-electron chi connectivity index (χ4n) is 3.25. The van der Waals surface area contributed by atoms with Gasteiger partial charge in [0.05, 0.1) is 30.7 Å². The van der Waals surface area contributed by atoms with Crippen molar-refractivity contribution in [3.05, 3.63) is 82.5 Å². The number of carbonyl (C=O) groups excluding carboxylic acids is 2. The molecule has 0 N–H and O–H groups in total. The average Bonchev–Trinajstić information content (AvgIpc) is 3.40. The number of benzene rings is 2. The van der Waals surface area contributed by atoms with Crippen molar-refractivity contribution in [2.75, 3.05) is 13.7 Å². The fourth-order valence-corrected chi connectivity index (χ4v) is 4.48. The average molecular weight is 480 g/mol. The first kappa shape index (κ1) is 22.8. The Kier molecular flexibility index (Phi) is 6.96. The number of esters is 1. The molecule has 1 aromatic heterocycles. The largest absolute Gasteiger partial charge is 0.497 e. The van der Waals surface area contributed by atoms with Crippen LogP contribution >= 0.6 is 24.0 Å². The number of nitrogens with zero attached hydrogens (tertiary/aromatic N) is 1. The molecule has 6 nitrogen and oxygen atoms in total. The van der Waals surface area contributed by atoms with E-state index in [1.54, 1.807) is 55.3 Å². The van der Waals surface area contributed by atoms with Gasteiger partial charge in [-0.1, -0.05) is 48.2 Å². The third kappa shape index (κ3) is 5.18. The van der Waals surface area contributed by atoms with Crippen LogP contribution in [0.2, 0.25) is 0 Å². The van der Waals surface area contributed by atoms with Gasteiger partial charge in [0.15, 0.2) is 0 Å². The van der Waals surface area contributed by atoms with Gasteiger partial charge in [-0.3, -0.25) is 9.69 Å². The van der Waals surface area contributed by atoms with E-state index in [0.717, 1.165) is 16.9 Å². The highest BCUT2D eigenvalue weighted by atomic mass is 32.2. The topological polar surface area (TPSA) is 69.0 Å². The number of furan rings is 1. The first-order valence-corrected chi connectivity index (χ1v) is 11.5. The van der Waals surface area contributed by atoms with Gasteiger partial charge in [-0.15, -0.1) is 0 Å². The monoisotopic (exact) mass is 479 g/mol. The van der Waals surface area contributed by atoms with Crippen LogP contribution in [0.4, 0.5) is 0 Å². The Bertz CT molecular complexity index is 1210. The number of amides is 1. The molecule has 2 aromatic carbocycles. The molecule has 0 atom stereocenters. The van der Waals surface area contributed by atoms with Gasteiger partial charge in [0.2, 0.25) is 0 Å². The van der Waals surface area contributed by atoms with Crippen LogP contribution in [-0.2, 0) is 16.1 Å². The number of thiocarbonyl (C=S) groups is 1. The van der Waals surface area contributed by atoms with Crippen LogP contribution in [0.1, 0.15) is 28.6 Å². The Morgan fingerprint density at radius 1 is 1.09 bits per heavy atom. The number of ether oxygens (including phenoxy) is 2. The smallest absolute Gasteiger partial charge is 0.338 e. The second-order valence-corrected chi connectivity index (χ2v) is 8.79. The molecule has 0 bridgehead atoms. The molecule has 2 heterocycles. The molecule has 1 fully saturated rings. The molecule has 0 unspecified atom stereocenters. The van der Waals surface area contributed by atoms with Crippen molar-refractivity contribution < 1.29 is 23.5 Å². The summed E-state index contributed by atoms with van der Waals surface area (Å²) in [6.45, 7) is 2.49. The lowest BCUT2D eigenvalue weighted by atomic mass is 10.1. The predicted molar refractivity (Wildman–Crippen MR) is 132 cm³/mol. The zero-order valence-corrected chi connectivity index (χ0v) is 19.7. The maximum Gasteiger partial charge on any atom is 0.338 e. The third-order valence-electron chi connectivity index (χ3n) is 4.95. The molecule has 1 aliphatic heterocycles. The number of thioether (sulfide) groups is 1. The lowest BCUT2D eigenvalue weighted by Crippen LogP contribution is -2.27. The van der Waals surface area contributed by atoms with Crippen molar-refractivity contribution in [3.63, 3.8) is 0 Å². The van der Waals surface area contributed by atoms with Crippen LogP contribution in [0.3, 0.4) is 0 Å². The molecular weight excluding hydrogens is 458 g/mol. The molecule has 0 radical (unpaired) electrons. The van der Waals surface area contributed by atoms with Gasteiger partial charge in [0, 0.05) is 11.6 Å². The normalized spacial score (nSPS) is 14.7. The fraction of sp³-hybridized carbons (Fsp3) is 0.160. The van der Waals surface area contributed by atoms with Crippen LogP contribution < -0.4 is 4.74 Å². The quantitative estimate of drug-likeness (QED) is 0.251. The molecule has 1 amide bonds. The van der Waals surface area contributed by atoms with Crippen LogP contribution in [0.15, 0.2) is 70.0 Å². The molecule has 0 saturated carbocycles. The van der Waals surface area contributed by atoms with Gasteiger partial charge >= 0.3 is 5.97 Å². The van der Waals surface area contributed by atoms with E-state index in [0.29, 0.717) is 39.5 Å². The Balaban J connectivity index is 1.46. The molecule has 168 valence electrons. The van der Waals surface area contributed by atoms with E-state index in [4.69, 9.17) is 26.1 Å². The third-order valence-corrected chi connectivity index (χ3v) is 6.33. The number of carbonyl (C=O) groups is 2. The molecule has 0 aliphatic carbocycles. The van der Waals surface area contributed by atoms with Gasteiger partial charge in [-0.25, -0.2) is 4.79 Å². The van der Waals surface area contributed by atoms with Crippen LogP contribution in [0.5, 0.6) is 5.75 Å². The predicted octanol–water partition coefficient (Wildman–Crippen LogP) is 5.53. The summed E-state index contributed by atoms with van der Waals surface area (Å²) in [5.74, 6) is 1.42. The Morgan fingerprint density at radius 2 is 1.82 bits per heavy atom. The van der Waals surface area contributed by atoms with Gasteiger partial charge in [-0.2, -0.15) is 0 Å². The second-order valence-electron chi connectivity index (χ2n) is 7.12. The van der Waals surface area contributed by atoms with Crippen molar-refractivity contribution in [2.24, 2.45) is 0 Å². The highest BCUT2D eigenvalue weighted by Gasteiger charge is 2.32. The van der Waals surface area contributed by atoms with E-state index >= 15 is 0 Å². The summed E-state index contributed by atoms with van der Waals surface area (Å²) in [6.07, 6.45) is 1.70. The molecule has 1 aliphatic rings. The minimum absolute atomic E-state index is 0.155. The lowest BCUT2D eigenvalue weighted by Gasteiger charge is -2.14. The first-order chi connectivity index (χ1) is 16.0. The van der Waals surface area contributed by atoms with E-state index in [2.05, 4.69) is 0 Å². The van der Waals surface area contributed by atoms with E-state index in [1.165, 1.54) is 11.8 Å². The number of hydrogen-bond donors (Lipinski definition) is 0. The van der Waals surface area contributed by atoms with Crippen LogP contribution in [0.25, 0.3) is 17.4 Å². The first-order valence-electron chi connectivity index (χ1n) is 10.2. The zero-order valence-electron chi connectivity index (χ0n) is 18.1. The van der Waals surface area contributed by atoms with E-state index < -0.39 is 0 Å². The molecule has 1 saturated heterocycles.